The van der Waals surface area contributed by atoms with Gasteiger partial charge >= 0.3 is 0 Å². The fourth-order valence-electron chi connectivity index (χ4n) is 2.90. The SMILES string of the molecule is C[C@H]1CN(C(=O)c2ccc(-c3n[nH]c(=S)o3)cc2)CC(C)(C)O1. The molecular formula is C16H19N3O3S. The second-order valence-corrected chi connectivity index (χ2v) is 6.74. The molecule has 0 radical (unpaired) electrons. The van der Waals surface area contributed by atoms with E-state index in [9.17, 15) is 4.79 Å². The third-order valence-electron chi connectivity index (χ3n) is 3.67. The topological polar surface area (TPSA) is 71.4 Å². The van der Waals surface area contributed by atoms with E-state index in [0.29, 0.717) is 24.5 Å². The highest BCUT2D eigenvalue weighted by Gasteiger charge is 2.34. The Labute approximate surface area is 139 Å². The van der Waals surface area contributed by atoms with Crippen LogP contribution in [-0.4, -0.2) is 45.8 Å². The molecule has 1 atom stereocenters. The van der Waals surface area contributed by atoms with E-state index < -0.39 is 0 Å². The summed E-state index contributed by atoms with van der Waals surface area (Å²) < 4.78 is 11.1. The predicted octanol–water partition coefficient (Wildman–Crippen LogP) is 3.04. The predicted molar refractivity (Wildman–Crippen MR) is 87.7 cm³/mol. The Balaban J connectivity index is 1.79. The standard InChI is InChI=1S/C16H19N3O3S/c1-10-8-19(9-16(2,3)22-10)14(20)12-6-4-11(5-7-12)13-17-18-15(23)21-13/h4-7,10H,8-9H2,1-3H3,(H,18,23)/t10-/m0/s1. The van der Waals surface area contributed by atoms with Crippen LogP contribution in [0, 0.1) is 4.84 Å². The smallest absolute Gasteiger partial charge is 0.284 e. The van der Waals surface area contributed by atoms with E-state index in [1.807, 2.05) is 25.7 Å². The van der Waals surface area contributed by atoms with Crippen molar-refractivity contribution in [2.45, 2.75) is 32.5 Å². The Hall–Kier alpha value is -1.99. The number of amides is 1. The summed E-state index contributed by atoms with van der Waals surface area (Å²) in [5.41, 5.74) is 1.07. The molecule has 0 saturated carbocycles. The number of ether oxygens (including phenoxy) is 1. The fourth-order valence-corrected chi connectivity index (χ4v) is 3.02. The van der Waals surface area contributed by atoms with Crippen molar-refractivity contribution < 1.29 is 13.9 Å². The Morgan fingerprint density at radius 2 is 2.09 bits per heavy atom. The molecule has 1 aliphatic heterocycles. The number of hydrogen-bond acceptors (Lipinski definition) is 5. The van der Waals surface area contributed by atoms with Gasteiger partial charge in [-0.3, -0.25) is 4.79 Å². The molecule has 0 spiro atoms. The van der Waals surface area contributed by atoms with Crippen LogP contribution in [-0.2, 0) is 4.74 Å². The van der Waals surface area contributed by atoms with Crippen LogP contribution in [0.5, 0.6) is 0 Å². The lowest BCUT2D eigenvalue weighted by Gasteiger charge is -2.41. The van der Waals surface area contributed by atoms with E-state index in [-0.39, 0.29) is 22.4 Å². The van der Waals surface area contributed by atoms with Crippen LogP contribution < -0.4 is 0 Å². The van der Waals surface area contributed by atoms with Crippen LogP contribution in [0.15, 0.2) is 28.7 Å². The van der Waals surface area contributed by atoms with Gasteiger partial charge < -0.3 is 14.1 Å². The number of H-pyrrole nitrogens is 1. The van der Waals surface area contributed by atoms with Gasteiger partial charge in [0.2, 0.25) is 5.89 Å². The molecule has 1 N–H and O–H groups in total. The van der Waals surface area contributed by atoms with Gasteiger partial charge in [0, 0.05) is 24.2 Å². The van der Waals surface area contributed by atoms with Crippen molar-refractivity contribution in [3.8, 4) is 11.5 Å². The number of nitrogens with one attached hydrogen (secondary N) is 1. The zero-order valence-corrected chi connectivity index (χ0v) is 14.1. The molecule has 7 heteroatoms. The molecule has 1 saturated heterocycles. The second-order valence-electron chi connectivity index (χ2n) is 6.37. The quantitative estimate of drug-likeness (QED) is 0.855. The van der Waals surface area contributed by atoms with E-state index in [1.165, 1.54) is 0 Å². The zero-order valence-electron chi connectivity index (χ0n) is 13.3. The lowest BCUT2D eigenvalue weighted by Crippen LogP contribution is -2.53. The Morgan fingerprint density at radius 1 is 1.39 bits per heavy atom. The molecule has 1 aromatic carbocycles. The monoisotopic (exact) mass is 333 g/mol. The Morgan fingerprint density at radius 3 is 2.65 bits per heavy atom. The van der Waals surface area contributed by atoms with E-state index >= 15 is 0 Å². The third kappa shape index (κ3) is 3.51. The summed E-state index contributed by atoms with van der Waals surface area (Å²) in [5.74, 6) is 0.415. The highest BCUT2D eigenvalue weighted by molar-refractivity contribution is 7.71. The lowest BCUT2D eigenvalue weighted by molar-refractivity contribution is -0.118. The number of morpholine rings is 1. The summed E-state index contributed by atoms with van der Waals surface area (Å²) in [5, 5.41) is 6.55. The van der Waals surface area contributed by atoms with Crippen molar-refractivity contribution in [2.24, 2.45) is 0 Å². The van der Waals surface area contributed by atoms with E-state index in [2.05, 4.69) is 10.2 Å². The van der Waals surface area contributed by atoms with Crippen molar-refractivity contribution in [1.82, 2.24) is 15.1 Å². The number of aromatic amines is 1. The van der Waals surface area contributed by atoms with Crippen molar-refractivity contribution >= 4 is 18.1 Å². The van der Waals surface area contributed by atoms with Crippen molar-refractivity contribution in [2.75, 3.05) is 13.1 Å². The first kappa shape index (κ1) is 15.9. The molecule has 6 nitrogen and oxygen atoms in total. The highest BCUT2D eigenvalue weighted by atomic mass is 32.1. The maximum absolute atomic E-state index is 12.7. The molecule has 122 valence electrons. The molecule has 2 heterocycles. The molecule has 1 aliphatic rings. The summed E-state index contributed by atoms with van der Waals surface area (Å²) in [7, 11) is 0. The molecule has 1 fully saturated rings. The van der Waals surface area contributed by atoms with Gasteiger partial charge in [0.05, 0.1) is 11.7 Å². The number of carbonyl (C=O) groups is 1. The van der Waals surface area contributed by atoms with Crippen molar-refractivity contribution in [3.05, 3.63) is 34.7 Å². The lowest BCUT2D eigenvalue weighted by atomic mass is 10.0. The number of rotatable bonds is 2. The zero-order chi connectivity index (χ0) is 16.6. The van der Waals surface area contributed by atoms with Gasteiger partial charge in [-0.2, -0.15) is 0 Å². The number of carbonyl (C=O) groups excluding carboxylic acids is 1. The molecular weight excluding hydrogens is 314 g/mol. The van der Waals surface area contributed by atoms with Crippen LogP contribution >= 0.6 is 12.2 Å². The molecule has 0 unspecified atom stereocenters. The first-order chi connectivity index (χ1) is 10.8. The highest BCUT2D eigenvalue weighted by Crippen LogP contribution is 2.23. The number of benzene rings is 1. The van der Waals surface area contributed by atoms with Crippen molar-refractivity contribution in [1.29, 1.82) is 0 Å². The molecule has 0 aliphatic carbocycles. The minimum atomic E-state index is -0.332. The molecule has 3 rings (SSSR count). The summed E-state index contributed by atoms with van der Waals surface area (Å²) in [4.78, 5) is 14.8. The van der Waals surface area contributed by atoms with Crippen LogP contribution in [0.4, 0.5) is 0 Å². The van der Waals surface area contributed by atoms with Gasteiger partial charge in [-0.25, -0.2) is 5.10 Å². The number of nitrogens with zero attached hydrogens (tertiary/aromatic N) is 2. The van der Waals surface area contributed by atoms with E-state index in [4.69, 9.17) is 21.4 Å². The molecule has 1 amide bonds. The molecule has 2 aromatic rings. The summed E-state index contributed by atoms with van der Waals surface area (Å²) >= 11 is 4.86. The average Bonchev–Trinajstić information content (AvgIpc) is 2.91. The molecule has 23 heavy (non-hydrogen) atoms. The first-order valence-electron chi connectivity index (χ1n) is 7.47. The Bertz CT molecular complexity index is 763. The van der Waals surface area contributed by atoms with Gasteiger partial charge in [0.1, 0.15) is 0 Å². The van der Waals surface area contributed by atoms with Crippen LogP contribution in [0.25, 0.3) is 11.5 Å². The largest absolute Gasteiger partial charge is 0.409 e. The summed E-state index contributed by atoms with van der Waals surface area (Å²) in [6, 6.07) is 7.16. The van der Waals surface area contributed by atoms with Gasteiger partial charge in [-0.05, 0) is 57.3 Å². The van der Waals surface area contributed by atoms with Gasteiger partial charge in [-0.1, -0.05) is 0 Å². The van der Waals surface area contributed by atoms with Crippen LogP contribution in [0.1, 0.15) is 31.1 Å². The molecule has 1 aromatic heterocycles. The molecule has 0 bridgehead atoms. The van der Waals surface area contributed by atoms with Gasteiger partial charge in [0.25, 0.3) is 10.7 Å². The number of aromatic nitrogens is 2. The van der Waals surface area contributed by atoms with Crippen LogP contribution in [0.2, 0.25) is 0 Å². The second kappa shape index (κ2) is 5.90. The van der Waals surface area contributed by atoms with Crippen molar-refractivity contribution in [3.63, 3.8) is 0 Å². The van der Waals surface area contributed by atoms with Crippen LogP contribution in [0.3, 0.4) is 0 Å². The maximum Gasteiger partial charge on any atom is 0.284 e. The maximum atomic E-state index is 12.7. The average molecular weight is 333 g/mol. The number of hydrogen-bond donors (Lipinski definition) is 1. The summed E-state index contributed by atoms with van der Waals surface area (Å²) in [6.07, 6.45) is 0.0234. The fraction of sp³-hybridized carbons (Fsp3) is 0.438. The normalized spacial score (nSPS) is 20.5. The third-order valence-corrected chi connectivity index (χ3v) is 3.85. The van der Waals surface area contributed by atoms with E-state index in [1.54, 1.807) is 24.3 Å². The first-order valence-corrected chi connectivity index (χ1v) is 7.88. The van der Waals surface area contributed by atoms with E-state index in [0.717, 1.165) is 5.56 Å². The Kier molecular flexibility index (Phi) is 4.08. The minimum absolute atomic E-state index is 0.00250. The minimum Gasteiger partial charge on any atom is -0.409 e. The summed E-state index contributed by atoms with van der Waals surface area (Å²) in [6.45, 7) is 7.15. The van der Waals surface area contributed by atoms with Gasteiger partial charge in [-0.15, -0.1) is 5.10 Å². The van der Waals surface area contributed by atoms with Gasteiger partial charge in [0.15, 0.2) is 0 Å².